The van der Waals surface area contributed by atoms with E-state index in [1.807, 2.05) is 70.2 Å². The highest BCUT2D eigenvalue weighted by atomic mass is 32.2. The van der Waals surface area contributed by atoms with Crippen LogP contribution in [0.15, 0.2) is 78.1 Å². The second-order valence-corrected chi connectivity index (χ2v) is 16.1. The largest absolute Gasteiger partial charge is 0.487 e. The topological polar surface area (TPSA) is 90.1 Å². The van der Waals surface area contributed by atoms with Gasteiger partial charge in [0.25, 0.3) is 0 Å². The molecule has 0 aliphatic heterocycles. The number of rotatable bonds is 10. The summed E-state index contributed by atoms with van der Waals surface area (Å²) < 4.78 is 47.4. The molecule has 1 atom stereocenters. The van der Waals surface area contributed by atoms with Crippen LogP contribution in [0.4, 0.5) is 13.2 Å². The van der Waals surface area contributed by atoms with Crippen LogP contribution in [-0.4, -0.2) is 35.3 Å². The van der Waals surface area contributed by atoms with E-state index in [4.69, 9.17) is 4.74 Å². The number of fused-ring (bicyclic) bond motifs is 1. The van der Waals surface area contributed by atoms with Crippen molar-refractivity contribution in [2.24, 2.45) is 11.3 Å². The molecule has 0 saturated heterocycles. The number of hydrogen-bond donors (Lipinski definition) is 1. The van der Waals surface area contributed by atoms with E-state index in [9.17, 15) is 23.1 Å². The standard InChI is InChI=1S/C38H41F3N4O3S/c1-23-18-43-27(20-42-23)22-48-28-13-15-32-29(16-28)34(49-37(5,6)7)33(17-30(35(46)47)36(2,3)4)45(32)21-24-8-10-25(11-9-24)31-14-12-26(19-44-31)38(39,40)41/h8-16,18-20,30H,17,21-22H2,1-7H3,(H,46,47). The molecule has 2 aromatic carbocycles. The number of alkyl halides is 3. The molecule has 0 amide bonds. The predicted molar refractivity (Wildman–Crippen MR) is 187 cm³/mol. The minimum atomic E-state index is -4.45. The van der Waals surface area contributed by atoms with Crippen LogP contribution in [0.5, 0.6) is 5.75 Å². The minimum absolute atomic E-state index is 0.182. The number of pyridine rings is 1. The fraction of sp³-hybridized carbons (Fsp3) is 0.368. The number of carboxylic acid groups (broad SMARTS) is 1. The van der Waals surface area contributed by atoms with Crippen LogP contribution < -0.4 is 4.74 Å². The Hall–Kier alpha value is -4.38. The Labute approximate surface area is 289 Å². The third-order valence-corrected chi connectivity index (χ3v) is 9.41. The van der Waals surface area contributed by atoms with Crippen molar-refractivity contribution in [3.05, 3.63) is 101 Å². The van der Waals surface area contributed by atoms with Gasteiger partial charge in [-0.1, -0.05) is 65.8 Å². The van der Waals surface area contributed by atoms with Crippen LogP contribution >= 0.6 is 11.8 Å². The monoisotopic (exact) mass is 690 g/mol. The molecule has 0 aliphatic carbocycles. The van der Waals surface area contributed by atoms with Gasteiger partial charge in [0, 0.05) is 57.2 Å². The van der Waals surface area contributed by atoms with Crippen molar-refractivity contribution < 1.29 is 27.8 Å². The maximum atomic E-state index is 13.1. The van der Waals surface area contributed by atoms with Crippen molar-refractivity contribution in [1.82, 2.24) is 19.5 Å². The van der Waals surface area contributed by atoms with E-state index in [0.717, 1.165) is 45.0 Å². The zero-order chi connectivity index (χ0) is 35.7. The molecule has 1 N–H and O–H groups in total. The molecule has 3 aromatic heterocycles. The molecular weight excluding hydrogens is 650 g/mol. The maximum Gasteiger partial charge on any atom is 0.417 e. The van der Waals surface area contributed by atoms with Gasteiger partial charge in [0.05, 0.1) is 34.8 Å². The van der Waals surface area contributed by atoms with Crippen molar-refractivity contribution >= 4 is 28.6 Å². The van der Waals surface area contributed by atoms with Crippen molar-refractivity contribution in [3.8, 4) is 17.0 Å². The molecular formula is C38H41F3N4O3S. The van der Waals surface area contributed by atoms with Gasteiger partial charge in [0.1, 0.15) is 12.4 Å². The Balaban J connectivity index is 1.57. The van der Waals surface area contributed by atoms with Gasteiger partial charge in [-0.2, -0.15) is 13.2 Å². The van der Waals surface area contributed by atoms with Gasteiger partial charge in [-0.25, -0.2) is 0 Å². The number of carboxylic acids is 1. The number of aliphatic carboxylic acids is 1. The smallest absolute Gasteiger partial charge is 0.417 e. The summed E-state index contributed by atoms with van der Waals surface area (Å²) in [7, 11) is 0. The number of benzene rings is 2. The Morgan fingerprint density at radius 1 is 0.918 bits per heavy atom. The van der Waals surface area contributed by atoms with Crippen LogP contribution in [0.25, 0.3) is 22.2 Å². The third kappa shape index (κ3) is 8.81. The molecule has 258 valence electrons. The lowest BCUT2D eigenvalue weighted by Gasteiger charge is -2.28. The van der Waals surface area contributed by atoms with E-state index in [0.29, 0.717) is 35.7 Å². The predicted octanol–water partition coefficient (Wildman–Crippen LogP) is 9.63. The average Bonchev–Trinajstić information content (AvgIpc) is 3.28. The molecule has 3 heterocycles. The molecule has 7 nitrogen and oxygen atoms in total. The van der Waals surface area contributed by atoms with Crippen LogP contribution in [0.3, 0.4) is 0 Å². The molecule has 0 radical (unpaired) electrons. The van der Waals surface area contributed by atoms with Gasteiger partial charge >= 0.3 is 12.1 Å². The second-order valence-electron chi connectivity index (χ2n) is 14.3. The molecule has 49 heavy (non-hydrogen) atoms. The van der Waals surface area contributed by atoms with E-state index >= 15 is 0 Å². The summed E-state index contributed by atoms with van der Waals surface area (Å²) >= 11 is 1.70. The van der Waals surface area contributed by atoms with Crippen molar-refractivity contribution in [2.75, 3.05) is 0 Å². The van der Waals surface area contributed by atoms with E-state index in [1.54, 1.807) is 24.2 Å². The van der Waals surface area contributed by atoms with Crippen LogP contribution in [0.1, 0.15) is 69.8 Å². The summed E-state index contributed by atoms with van der Waals surface area (Å²) in [6, 6.07) is 15.9. The quantitative estimate of drug-likeness (QED) is 0.146. The Kier molecular flexibility index (Phi) is 10.2. The first-order valence-electron chi connectivity index (χ1n) is 16.0. The lowest BCUT2D eigenvalue weighted by atomic mass is 9.78. The number of carbonyl (C=O) groups is 1. The molecule has 0 saturated carbocycles. The van der Waals surface area contributed by atoms with E-state index < -0.39 is 29.0 Å². The number of aryl methyl sites for hydroxylation is 1. The highest BCUT2D eigenvalue weighted by Crippen LogP contribution is 2.44. The Morgan fingerprint density at radius 2 is 1.63 bits per heavy atom. The number of ether oxygens (including phenoxy) is 1. The Bertz CT molecular complexity index is 1920. The number of thioether (sulfide) groups is 1. The molecule has 11 heteroatoms. The summed E-state index contributed by atoms with van der Waals surface area (Å²) in [6.07, 6.45) is 0.102. The summed E-state index contributed by atoms with van der Waals surface area (Å²) in [4.78, 5) is 26.4. The number of hydrogen-bond acceptors (Lipinski definition) is 6. The normalized spacial score (nSPS) is 13.1. The summed E-state index contributed by atoms with van der Waals surface area (Å²) in [5, 5.41) is 11.3. The molecule has 0 bridgehead atoms. The lowest BCUT2D eigenvalue weighted by molar-refractivity contribution is -0.145. The number of aromatic nitrogens is 4. The van der Waals surface area contributed by atoms with Gasteiger partial charge < -0.3 is 14.4 Å². The van der Waals surface area contributed by atoms with Gasteiger partial charge in [0.2, 0.25) is 0 Å². The van der Waals surface area contributed by atoms with Crippen LogP contribution in [0, 0.1) is 18.3 Å². The fourth-order valence-electron chi connectivity index (χ4n) is 5.55. The van der Waals surface area contributed by atoms with E-state index in [2.05, 4.69) is 40.3 Å². The third-order valence-electron chi connectivity index (χ3n) is 8.14. The zero-order valence-electron chi connectivity index (χ0n) is 28.7. The van der Waals surface area contributed by atoms with Crippen LogP contribution in [-0.2, 0) is 30.5 Å². The molecule has 0 spiro atoms. The summed E-state index contributed by atoms with van der Waals surface area (Å²) in [5.41, 5.74) is 4.17. The van der Waals surface area contributed by atoms with Crippen molar-refractivity contribution in [2.45, 2.75) is 83.9 Å². The first-order chi connectivity index (χ1) is 22.9. The van der Waals surface area contributed by atoms with Gasteiger partial charge in [-0.15, -0.1) is 11.8 Å². The number of halogens is 3. The van der Waals surface area contributed by atoms with E-state index in [1.165, 1.54) is 6.07 Å². The zero-order valence-corrected chi connectivity index (χ0v) is 29.5. The molecule has 0 fully saturated rings. The summed E-state index contributed by atoms with van der Waals surface area (Å²) in [5.74, 6) is -0.847. The van der Waals surface area contributed by atoms with Crippen molar-refractivity contribution in [3.63, 3.8) is 0 Å². The highest BCUT2D eigenvalue weighted by Gasteiger charge is 2.35. The summed E-state index contributed by atoms with van der Waals surface area (Å²) in [6.45, 7) is 14.8. The molecule has 5 aromatic rings. The van der Waals surface area contributed by atoms with Crippen LogP contribution in [0.2, 0.25) is 0 Å². The molecule has 5 rings (SSSR count). The highest BCUT2D eigenvalue weighted by molar-refractivity contribution is 8.00. The number of nitrogens with zero attached hydrogens (tertiary/aromatic N) is 4. The Morgan fingerprint density at radius 3 is 2.18 bits per heavy atom. The van der Waals surface area contributed by atoms with Gasteiger partial charge in [-0.05, 0) is 48.2 Å². The molecule has 1 unspecified atom stereocenters. The average molecular weight is 691 g/mol. The first kappa shape index (κ1) is 35.9. The van der Waals surface area contributed by atoms with E-state index in [-0.39, 0.29) is 11.4 Å². The van der Waals surface area contributed by atoms with Gasteiger partial charge in [-0.3, -0.25) is 19.7 Å². The first-order valence-corrected chi connectivity index (χ1v) is 16.8. The second kappa shape index (κ2) is 13.9. The minimum Gasteiger partial charge on any atom is -0.487 e. The lowest BCUT2D eigenvalue weighted by Crippen LogP contribution is -2.31. The SMILES string of the molecule is Cc1cnc(COc2ccc3c(c2)c(SC(C)(C)C)c(CC(C(=O)O)C(C)(C)C)n3Cc2ccc(-c3ccc(C(F)(F)F)cn3)cc2)cn1. The maximum absolute atomic E-state index is 13.1. The fourth-order valence-corrected chi connectivity index (χ4v) is 6.75. The van der Waals surface area contributed by atoms with Gasteiger partial charge in [0.15, 0.2) is 0 Å². The van der Waals surface area contributed by atoms with Crippen molar-refractivity contribution in [1.29, 1.82) is 0 Å². The molecule has 0 aliphatic rings.